The van der Waals surface area contributed by atoms with E-state index in [0.717, 1.165) is 5.57 Å². The lowest BCUT2D eigenvalue weighted by Gasteiger charge is -2.27. The molecule has 1 unspecified atom stereocenters. The molecule has 0 aromatic rings. The lowest BCUT2D eigenvalue weighted by Crippen LogP contribution is -2.52. The molecule has 0 heterocycles. The fraction of sp³-hybridized carbons (Fsp3) is 0.692. The summed E-state index contributed by atoms with van der Waals surface area (Å²) in [7, 11) is 0. The van der Waals surface area contributed by atoms with Crippen molar-refractivity contribution in [2.75, 3.05) is 19.6 Å². The number of carbonyl (C=O) groups excluding carboxylic acids is 1. The summed E-state index contributed by atoms with van der Waals surface area (Å²) >= 11 is 0. The van der Waals surface area contributed by atoms with Gasteiger partial charge < -0.3 is 10.0 Å². The molecule has 0 aliphatic carbocycles. The first-order chi connectivity index (χ1) is 8.26. The highest BCUT2D eigenvalue weighted by molar-refractivity contribution is 5.82. The standard InChI is InChI=1S/C13H24N2O3/c1-6-13(5,12(17)18)14-8-11(16)15(7-2)9-10(3)4/h14H,3,6-9H2,1-2,4-5H3,(H,17,18). The van der Waals surface area contributed by atoms with Crippen molar-refractivity contribution in [3.63, 3.8) is 0 Å². The second-order valence-corrected chi connectivity index (χ2v) is 4.71. The summed E-state index contributed by atoms with van der Waals surface area (Å²) in [6.45, 7) is 12.0. The summed E-state index contributed by atoms with van der Waals surface area (Å²) in [4.78, 5) is 24.7. The first kappa shape index (κ1) is 16.6. The normalized spacial score (nSPS) is 13.8. The van der Waals surface area contributed by atoms with Gasteiger partial charge in [-0.1, -0.05) is 19.1 Å². The van der Waals surface area contributed by atoms with Gasteiger partial charge in [0.05, 0.1) is 6.54 Å². The molecule has 0 bridgehead atoms. The smallest absolute Gasteiger partial charge is 0.323 e. The van der Waals surface area contributed by atoms with Crippen LogP contribution in [0.2, 0.25) is 0 Å². The van der Waals surface area contributed by atoms with Crippen molar-refractivity contribution in [2.24, 2.45) is 0 Å². The average Bonchev–Trinajstić information content (AvgIpc) is 2.31. The molecular formula is C13H24N2O3. The number of carbonyl (C=O) groups is 2. The molecule has 2 N–H and O–H groups in total. The lowest BCUT2D eigenvalue weighted by atomic mass is 9.99. The highest BCUT2D eigenvalue weighted by Gasteiger charge is 2.31. The zero-order valence-electron chi connectivity index (χ0n) is 11.7. The van der Waals surface area contributed by atoms with E-state index in [1.807, 2.05) is 13.8 Å². The monoisotopic (exact) mass is 256 g/mol. The van der Waals surface area contributed by atoms with Crippen LogP contribution >= 0.6 is 0 Å². The number of carboxylic acids is 1. The van der Waals surface area contributed by atoms with Crippen LogP contribution in [0.3, 0.4) is 0 Å². The summed E-state index contributed by atoms with van der Waals surface area (Å²) < 4.78 is 0. The maximum atomic E-state index is 11.9. The van der Waals surface area contributed by atoms with Gasteiger partial charge in [0, 0.05) is 13.1 Å². The van der Waals surface area contributed by atoms with E-state index in [1.165, 1.54) is 0 Å². The Kier molecular flexibility index (Phi) is 6.62. The third-order valence-corrected chi connectivity index (χ3v) is 3.00. The second kappa shape index (κ2) is 7.16. The molecule has 0 saturated heterocycles. The van der Waals surface area contributed by atoms with Gasteiger partial charge in [0.2, 0.25) is 5.91 Å². The zero-order chi connectivity index (χ0) is 14.3. The van der Waals surface area contributed by atoms with Gasteiger partial charge in [-0.05, 0) is 27.2 Å². The summed E-state index contributed by atoms with van der Waals surface area (Å²) in [6.07, 6.45) is 0.419. The van der Waals surface area contributed by atoms with Gasteiger partial charge in [-0.25, -0.2) is 0 Å². The number of hydrogen-bond donors (Lipinski definition) is 2. The highest BCUT2D eigenvalue weighted by atomic mass is 16.4. The quantitative estimate of drug-likeness (QED) is 0.641. The van der Waals surface area contributed by atoms with E-state index < -0.39 is 11.5 Å². The summed E-state index contributed by atoms with van der Waals surface area (Å²) in [6, 6.07) is 0. The molecule has 0 saturated carbocycles. The third kappa shape index (κ3) is 4.87. The molecule has 0 aromatic carbocycles. The minimum absolute atomic E-state index is 0.0256. The molecular weight excluding hydrogens is 232 g/mol. The molecule has 0 fully saturated rings. The topological polar surface area (TPSA) is 69.6 Å². The third-order valence-electron chi connectivity index (χ3n) is 3.00. The van der Waals surface area contributed by atoms with Crippen molar-refractivity contribution in [2.45, 2.75) is 39.7 Å². The lowest BCUT2D eigenvalue weighted by molar-refractivity contribution is -0.144. The number of hydrogen-bond acceptors (Lipinski definition) is 3. The Hall–Kier alpha value is -1.36. The van der Waals surface area contributed by atoms with Crippen molar-refractivity contribution in [3.05, 3.63) is 12.2 Å². The van der Waals surface area contributed by atoms with Crippen LogP contribution in [0.5, 0.6) is 0 Å². The summed E-state index contributed by atoms with van der Waals surface area (Å²) in [5.41, 5.74) is -0.153. The molecule has 5 nitrogen and oxygen atoms in total. The van der Waals surface area contributed by atoms with Gasteiger partial charge in [-0.15, -0.1) is 0 Å². The van der Waals surface area contributed by atoms with Crippen molar-refractivity contribution in [3.8, 4) is 0 Å². The Labute approximate surface area is 109 Å². The molecule has 1 atom stereocenters. The van der Waals surface area contributed by atoms with Crippen molar-refractivity contribution in [1.29, 1.82) is 0 Å². The van der Waals surface area contributed by atoms with E-state index in [9.17, 15) is 9.59 Å². The molecule has 18 heavy (non-hydrogen) atoms. The van der Waals surface area contributed by atoms with E-state index in [1.54, 1.807) is 18.7 Å². The number of carboxylic acid groups (broad SMARTS) is 1. The van der Waals surface area contributed by atoms with Gasteiger partial charge in [0.15, 0.2) is 0 Å². The molecule has 0 aliphatic rings. The number of aliphatic carboxylic acids is 1. The van der Waals surface area contributed by atoms with Gasteiger partial charge in [0.25, 0.3) is 0 Å². The Bertz CT molecular complexity index is 328. The first-order valence-electron chi connectivity index (χ1n) is 6.17. The number of rotatable bonds is 8. The first-order valence-corrected chi connectivity index (χ1v) is 6.17. The van der Waals surface area contributed by atoms with Crippen molar-refractivity contribution in [1.82, 2.24) is 10.2 Å². The van der Waals surface area contributed by atoms with E-state index in [0.29, 0.717) is 19.5 Å². The highest BCUT2D eigenvalue weighted by Crippen LogP contribution is 2.09. The molecule has 1 amide bonds. The summed E-state index contributed by atoms with van der Waals surface area (Å²) in [5.74, 6) is -1.05. The second-order valence-electron chi connectivity index (χ2n) is 4.71. The number of nitrogens with one attached hydrogen (secondary N) is 1. The molecule has 0 spiro atoms. The Morgan fingerprint density at radius 1 is 1.39 bits per heavy atom. The fourth-order valence-corrected chi connectivity index (χ4v) is 1.44. The Morgan fingerprint density at radius 3 is 2.28 bits per heavy atom. The van der Waals surface area contributed by atoms with Gasteiger partial charge >= 0.3 is 5.97 Å². The van der Waals surface area contributed by atoms with Gasteiger partial charge in [0.1, 0.15) is 5.54 Å². The minimum Gasteiger partial charge on any atom is -0.480 e. The molecule has 5 heteroatoms. The maximum absolute atomic E-state index is 11.9. The fourth-order valence-electron chi connectivity index (χ4n) is 1.44. The van der Waals surface area contributed by atoms with Crippen molar-refractivity contribution < 1.29 is 14.7 Å². The number of nitrogens with zero attached hydrogens (tertiary/aromatic N) is 1. The van der Waals surface area contributed by atoms with E-state index >= 15 is 0 Å². The van der Waals surface area contributed by atoms with Crippen LogP contribution in [0, 0.1) is 0 Å². The van der Waals surface area contributed by atoms with E-state index in [4.69, 9.17) is 5.11 Å². The Morgan fingerprint density at radius 2 is 1.94 bits per heavy atom. The number of amides is 1. The van der Waals surface area contributed by atoms with Crippen LogP contribution in [-0.4, -0.2) is 47.1 Å². The van der Waals surface area contributed by atoms with Crippen molar-refractivity contribution >= 4 is 11.9 Å². The molecule has 0 aromatic heterocycles. The summed E-state index contributed by atoms with van der Waals surface area (Å²) in [5, 5.41) is 11.9. The predicted molar refractivity (Wildman–Crippen MR) is 71.4 cm³/mol. The van der Waals surface area contributed by atoms with Crippen LogP contribution in [0.25, 0.3) is 0 Å². The van der Waals surface area contributed by atoms with E-state index in [-0.39, 0.29) is 12.5 Å². The predicted octanol–water partition coefficient (Wildman–Crippen LogP) is 1.25. The van der Waals surface area contributed by atoms with Crippen LogP contribution in [0.1, 0.15) is 34.1 Å². The molecule has 0 rings (SSSR count). The molecule has 0 radical (unpaired) electrons. The molecule has 104 valence electrons. The largest absolute Gasteiger partial charge is 0.480 e. The van der Waals surface area contributed by atoms with Crippen LogP contribution < -0.4 is 5.32 Å². The zero-order valence-corrected chi connectivity index (χ0v) is 11.7. The minimum atomic E-state index is -1.06. The van der Waals surface area contributed by atoms with Crippen LogP contribution in [-0.2, 0) is 9.59 Å². The molecule has 0 aliphatic heterocycles. The van der Waals surface area contributed by atoms with Crippen LogP contribution in [0.4, 0.5) is 0 Å². The van der Waals surface area contributed by atoms with Gasteiger partial charge in [-0.2, -0.15) is 0 Å². The SMILES string of the molecule is C=C(C)CN(CC)C(=O)CNC(C)(CC)C(=O)O. The Balaban J connectivity index is 4.47. The van der Waals surface area contributed by atoms with Gasteiger partial charge in [-0.3, -0.25) is 14.9 Å². The van der Waals surface area contributed by atoms with Crippen LogP contribution in [0.15, 0.2) is 12.2 Å². The van der Waals surface area contributed by atoms with E-state index in [2.05, 4.69) is 11.9 Å². The number of likely N-dealkylation sites (N-methyl/N-ethyl adjacent to an activating group) is 1. The maximum Gasteiger partial charge on any atom is 0.323 e. The average molecular weight is 256 g/mol.